The van der Waals surface area contributed by atoms with E-state index in [1.165, 1.54) is 24.2 Å². The first kappa shape index (κ1) is 9.28. The molecule has 0 amide bonds. The molecule has 1 aromatic heterocycles. The highest BCUT2D eigenvalue weighted by molar-refractivity contribution is 5.98. The number of benzene rings is 1. The van der Waals surface area contributed by atoms with Crippen LogP contribution >= 0.6 is 0 Å². The van der Waals surface area contributed by atoms with E-state index < -0.39 is 0 Å². The first-order valence-electron chi connectivity index (χ1n) is 6.27. The first-order chi connectivity index (χ1) is 8.34. The van der Waals surface area contributed by atoms with Crippen molar-refractivity contribution in [2.45, 2.75) is 18.8 Å². The van der Waals surface area contributed by atoms with Gasteiger partial charge in [0.15, 0.2) is 0 Å². The zero-order chi connectivity index (χ0) is 11.4. The van der Waals surface area contributed by atoms with Crippen LogP contribution in [0.5, 0.6) is 0 Å². The lowest BCUT2D eigenvalue weighted by molar-refractivity contribution is 0.466. The predicted octanol–water partition coefficient (Wildman–Crippen LogP) is 2.51. The molecule has 0 unspecified atom stereocenters. The summed E-state index contributed by atoms with van der Waals surface area (Å²) in [5.74, 6) is 0.627. The van der Waals surface area contributed by atoms with Gasteiger partial charge in [-0.15, -0.1) is 0 Å². The van der Waals surface area contributed by atoms with Gasteiger partial charge in [0.05, 0.1) is 22.6 Å². The van der Waals surface area contributed by atoms with Crippen LogP contribution in [0, 0.1) is 0 Å². The maximum atomic E-state index is 6.34. The number of fused-ring (bicyclic) bond motifs is 3. The molecule has 3 nitrogen and oxygen atoms in total. The van der Waals surface area contributed by atoms with Gasteiger partial charge >= 0.3 is 0 Å². The Morgan fingerprint density at radius 2 is 1.94 bits per heavy atom. The van der Waals surface area contributed by atoms with Crippen molar-refractivity contribution in [3.8, 4) is 0 Å². The van der Waals surface area contributed by atoms with Gasteiger partial charge in [0.25, 0.3) is 0 Å². The average Bonchev–Trinajstić information content (AvgIpc) is 2.40. The summed E-state index contributed by atoms with van der Waals surface area (Å²) in [6.07, 6.45) is 2.47. The number of anilines is 2. The number of para-hydroxylation sites is 1. The fourth-order valence-electron chi connectivity index (χ4n) is 3.24. The number of aromatic nitrogens is 1. The second kappa shape index (κ2) is 3.13. The highest BCUT2D eigenvalue weighted by Gasteiger charge is 2.34. The summed E-state index contributed by atoms with van der Waals surface area (Å²) in [5, 5.41) is 1.10. The lowest BCUT2D eigenvalue weighted by Gasteiger charge is -2.42. The fourth-order valence-corrected chi connectivity index (χ4v) is 3.24. The molecule has 0 saturated carbocycles. The summed E-state index contributed by atoms with van der Waals surface area (Å²) in [6, 6.07) is 8.19. The Labute approximate surface area is 100 Å². The summed E-state index contributed by atoms with van der Waals surface area (Å²) < 4.78 is 0. The van der Waals surface area contributed by atoms with E-state index in [9.17, 15) is 0 Å². The maximum absolute atomic E-state index is 6.34. The minimum atomic E-state index is 0.627. The number of nitrogen functional groups attached to an aromatic ring is 1. The molecule has 1 saturated heterocycles. The molecule has 17 heavy (non-hydrogen) atoms. The number of rotatable bonds is 0. The SMILES string of the molecule is Nc1c2c(nc3ccccc13)C1CCN2CC1. The quantitative estimate of drug-likeness (QED) is 0.749. The molecule has 3 aliphatic rings. The Balaban J connectivity index is 2.10. The van der Waals surface area contributed by atoms with Crippen molar-refractivity contribution >= 4 is 22.3 Å². The number of hydrogen-bond acceptors (Lipinski definition) is 3. The van der Waals surface area contributed by atoms with E-state index >= 15 is 0 Å². The molecule has 2 N–H and O–H groups in total. The minimum Gasteiger partial charge on any atom is -0.396 e. The largest absolute Gasteiger partial charge is 0.396 e. The van der Waals surface area contributed by atoms with Crippen molar-refractivity contribution in [2.24, 2.45) is 0 Å². The van der Waals surface area contributed by atoms with E-state index in [0.717, 1.165) is 29.7 Å². The molecule has 1 fully saturated rings. The topological polar surface area (TPSA) is 42.1 Å². The number of hydrogen-bond donors (Lipinski definition) is 1. The minimum absolute atomic E-state index is 0.627. The lowest BCUT2D eigenvalue weighted by atomic mass is 9.85. The third-order valence-corrected chi connectivity index (χ3v) is 4.13. The van der Waals surface area contributed by atoms with Crippen LogP contribution in [0.4, 0.5) is 11.4 Å². The first-order valence-corrected chi connectivity index (χ1v) is 6.27. The Hall–Kier alpha value is -1.77. The van der Waals surface area contributed by atoms with Gasteiger partial charge in [-0.2, -0.15) is 0 Å². The fraction of sp³-hybridized carbons (Fsp3) is 0.357. The standard InChI is InChI=1S/C14H15N3/c15-12-10-3-1-2-4-11(10)16-13-9-5-7-17(8-6-9)14(12)13/h1-4,9H,5-8H2,(H2,15,16). The van der Waals surface area contributed by atoms with E-state index in [0.29, 0.717) is 5.92 Å². The summed E-state index contributed by atoms with van der Waals surface area (Å²) in [7, 11) is 0. The average molecular weight is 225 g/mol. The van der Waals surface area contributed by atoms with Crippen molar-refractivity contribution in [3.63, 3.8) is 0 Å². The Bertz CT molecular complexity index is 598. The van der Waals surface area contributed by atoms with Gasteiger partial charge in [-0.25, -0.2) is 0 Å². The van der Waals surface area contributed by atoms with Crippen molar-refractivity contribution in [1.29, 1.82) is 0 Å². The molecule has 3 aliphatic heterocycles. The van der Waals surface area contributed by atoms with Gasteiger partial charge in [-0.05, 0) is 18.9 Å². The van der Waals surface area contributed by atoms with Gasteiger partial charge < -0.3 is 10.6 Å². The highest BCUT2D eigenvalue weighted by Crippen LogP contribution is 2.46. The summed E-state index contributed by atoms with van der Waals surface area (Å²) in [5.41, 5.74) is 10.8. The summed E-state index contributed by atoms with van der Waals surface area (Å²) in [6.45, 7) is 2.28. The van der Waals surface area contributed by atoms with Crippen molar-refractivity contribution < 1.29 is 0 Å². The second-order valence-corrected chi connectivity index (χ2v) is 5.04. The zero-order valence-electron chi connectivity index (χ0n) is 9.69. The maximum Gasteiger partial charge on any atom is 0.0828 e. The van der Waals surface area contributed by atoms with Crippen LogP contribution in [0.2, 0.25) is 0 Å². The van der Waals surface area contributed by atoms with Crippen LogP contribution in [0.1, 0.15) is 24.5 Å². The van der Waals surface area contributed by atoms with Gasteiger partial charge in [-0.3, -0.25) is 4.98 Å². The van der Waals surface area contributed by atoms with Crippen molar-refractivity contribution in [1.82, 2.24) is 4.98 Å². The number of nitrogens with two attached hydrogens (primary N) is 1. The molecule has 5 rings (SSSR count). The molecule has 0 radical (unpaired) electrons. The monoisotopic (exact) mass is 225 g/mol. The van der Waals surface area contributed by atoms with E-state index in [4.69, 9.17) is 10.7 Å². The smallest absolute Gasteiger partial charge is 0.0828 e. The molecule has 4 heterocycles. The van der Waals surface area contributed by atoms with Crippen LogP contribution in [0.15, 0.2) is 24.3 Å². The van der Waals surface area contributed by atoms with Crippen LogP contribution in [-0.2, 0) is 0 Å². The van der Waals surface area contributed by atoms with Crippen molar-refractivity contribution in [3.05, 3.63) is 30.0 Å². The Morgan fingerprint density at radius 1 is 1.18 bits per heavy atom. The third kappa shape index (κ3) is 1.14. The Morgan fingerprint density at radius 3 is 2.76 bits per heavy atom. The van der Waals surface area contributed by atoms with Gasteiger partial charge in [-0.1, -0.05) is 18.2 Å². The Kier molecular flexibility index (Phi) is 1.71. The number of piperidine rings is 1. The van der Waals surface area contributed by atoms with Gasteiger partial charge in [0.2, 0.25) is 0 Å². The van der Waals surface area contributed by atoms with Crippen LogP contribution in [-0.4, -0.2) is 18.1 Å². The van der Waals surface area contributed by atoms with E-state index in [1.54, 1.807) is 0 Å². The molecular weight excluding hydrogens is 210 g/mol. The summed E-state index contributed by atoms with van der Waals surface area (Å²) >= 11 is 0. The number of nitrogens with zero attached hydrogens (tertiary/aromatic N) is 2. The summed E-state index contributed by atoms with van der Waals surface area (Å²) in [4.78, 5) is 7.24. The van der Waals surface area contributed by atoms with E-state index in [2.05, 4.69) is 17.0 Å². The van der Waals surface area contributed by atoms with Crippen LogP contribution < -0.4 is 10.6 Å². The molecule has 86 valence electrons. The van der Waals surface area contributed by atoms with Crippen LogP contribution in [0.25, 0.3) is 10.9 Å². The van der Waals surface area contributed by atoms with E-state index in [1.807, 2.05) is 12.1 Å². The molecule has 1 aromatic carbocycles. The van der Waals surface area contributed by atoms with Gasteiger partial charge in [0.1, 0.15) is 0 Å². The third-order valence-electron chi connectivity index (χ3n) is 4.13. The predicted molar refractivity (Wildman–Crippen MR) is 70.3 cm³/mol. The molecule has 0 aliphatic carbocycles. The molecule has 3 heteroatoms. The molecule has 2 aromatic rings. The molecule has 0 spiro atoms. The van der Waals surface area contributed by atoms with E-state index in [-0.39, 0.29) is 0 Å². The normalized spacial score (nSPS) is 18.7. The second-order valence-electron chi connectivity index (χ2n) is 5.04. The number of pyridine rings is 1. The highest BCUT2D eigenvalue weighted by atomic mass is 15.2. The molecular formula is C14H15N3. The van der Waals surface area contributed by atoms with Gasteiger partial charge in [0, 0.05) is 24.4 Å². The molecule has 0 atom stereocenters. The van der Waals surface area contributed by atoms with Crippen molar-refractivity contribution in [2.75, 3.05) is 23.7 Å². The zero-order valence-corrected chi connectivity index (χ0v) is 9.69. The van der Waals surface area contributed by atoms with Crippen LogP contribution in [0.3, 0.4) is 0 Å². The lowest BCUT2D eigenvalue weighted by Crippen LogP contribution is -2.39. The molecule has 2 bridgehead atoms.